The fourth-order valence-electron chi connectivity index (χ4n) is 2.21. The molecule has 4 nitrogen and oxygen atoms in total. The Hall–Kier alpha value is -1.00. The van der Waals surface area contributed by atoms with Gasteiger partial charge in [0.1, 0.15) is 5.60 Å². The van der Waals surface area contributed by atoms with E-state index in [2.05, 4.69) is 16.9 Å². The van der Waals surface area contributed by atoms with Gasteiger partial charge in [-0.05, 0) is 13.3 Å². The second-order valence-electron chi connectivity index (χ2n) is 4.70. The number of ether oxygens (including phenoxy) is 1. The smallest absolute Gasteiger partial charge is 0.113 e. The molecule has 1 saturated heterocycles. The van der Waals surface area contributed by atoms with Gasteiger partial charge in [-0.15, -0.1) is 0 Å². The molecule has 0 aromatic carbocycles. The first-order valence-electron chi connectivity index (χ1n) is 5.71. The van der Waals surface area contributed by atoms with Gasteiger partial charge in [0.2, 0.25) is 0 Å². The fraction of sp³-hybridized carbons (Fsp3) is 0.667. The van der Waals surface area contributed by atoms with Crippen LogP contribution in [-0.2, 0) is 10.3 Å². The van der Waals surface area contributed by atoms with E-state index in [1.165, 1.54) is 0 Å². The van der Waals surface area contributed by atoms with Crippen LogP contribution in [0.25, 0.3) is 0 Å². The molecule has 88 valence electrons. The highest BCUT2D eigenvalue weighted by Crippen LogP contribution is 2.39. The van der Waals surface area contributed by atoms with Gasteiger partial charge in [-0.25, -0.2) is 0 Å². The highest BCUT2D eigenvalue weighted by atomic mass is 16.5. The van der Waals surface area contributed by atoms with Gasteiger partial charge in [0, 0.05) is 25.2 Å². The monoisotopic (exact) mass is 222 g/mol. The minimum atomic E-state index is -0.892. The third kappa shape index (κ3) is 2.08. The molecule has 16 heavy (non-hydrogen) atoms. The second-order valence-corrected chi connectivity index (χ2v) is 4.70. The van der Waals surface area contributed by atoms with Crippen molar-refractivity contribution < 1.29 is 9.84 Å². The van der Waals surface area contributed by atoms with Crippen LogP contribution in [0.5, 0.6) is 0 Å². The van der Waals surface area contributed by atoms with Crippen LogP contribution in [0.2, 0.25) is 0 Å². The summed E-state index contributed by atoms with van der Waals surface area (Å²) >= 11 is 0. The summed E-state index contributed by atoms with van der Waals surface area (Å²) in [5.74, 6) is 0. The summed E-state index contributed by atoms with van der Waals surface area (Å²) in [6.45, 7) is 4.67. The zero-order valence-corrected chi connectivity index (χ0v) is 9.81. The van der Waals surface area contributed by atoms with Crippen LogP contribution in [0.15, 0.2) is 18.6 Å². The molecule has 0 aliphatic carbocycles. The van der Waals surface area contributed by atoms with Crippen molar-refractivity contribution in [1.29, 1.82) is 0 Å². The molecule has 1 fully saturated rings. The van der Waals surface area contributed by atoms with E-state index in [1.807, 2.05) is 6.92 Å². The van der Waals surface area contributed by atoms with Crippen molar-refractivity contribution in [2.75, 3.05) is 6.61 Å². The highest BCUT2D eigenvalue weighted by Gasteiger charge is 2.43. The number of aliphatic hydroxyl groups is 1. The predicted molar refractivity (Wildman–Crippen MR) is 59.8 cm³/mol. The fourth-order valence-corrected chi connectivity index (χ4v) is 2.21. The molecule has 1 N–H and O–H groups in total. The van der Waals surface area contributed by atoms with Crippen molar-refractivity contribution in [2.24, 2.45) is 0 Å². The molecule has 2 atom stereocenters. The van der Waals surface area contributed by atoms with E-state index in [1.54, 1.807) is 18.6 Å². The summed E-state index contributed by atoms with van der Waals surface area (Å²) < 4.78 is 5.72. The van der Waals surface area contributed by atoms with Crippen molar-refractivity contribution in [3.8, 4) is 0 Å². The Labute approximate surface area is 95.7 Å². The van der Waals surface area contributed by atoms with Crippen LogP contribution in [-0.4, -0.2) is 27.3 Å². The van der Waals surface area contributed by atoms with Gasteiger partial charge in [0.05, 0.1) is 24.1 Å². The van der Waals surface area contributed by atoms with Gasteiger partial charge in [0.15, 0.2) is 0 Å². The van der Waals surface area contributed by atoms with E-state index in [-0.39, 0.29) is 5.60 Å². The Morgan fingerprint density at radius 1 is 1.50 bits per heavy atom. The van der Waals surface area contributed by atoms with Gasteiger partial charge in [-0.3, -0.25) is 9.97 Å². The normalized spacial score (nSPS) is 34.9. The quantitative estimate of drug-likeness (QED) is 0.826. The molecular formula is C12H18N2O2. The zero-order valence-electron chi connectivity index (χ0n) is 9.81. The zero-order chi connectivity index (χ0) is 11.6. The molecule has 0 radical (unpaired) electrons. The molecule has 1 aromatic rings. The van der Waals surface area contributed by atoms with Gasteiger partial charge in [-0.2, -0.15) is 0 Å². The Balaban J connectivity index is 2.25. The van der Waals surface area contributed by atoms with Crippen molar-refractivity contribution >= 4 is 0 Å². The topological polar surface area (TPSA) is 55.2 Å². The SMILES string of the molecule is CCC1(C)CC(O)(c2cnccn2)CCO1. The third-order valence-corrected chi connectivity index (χ3v) is 3.42. The summed E-state index contributed by atoms with van der Waals surface area (Å²) in [6.07, 6.45) is 6.92. The lowest BCUT2D eigenvalue weighted by atomic mass is 9.80. The van der Waals surface area contributed by atoms with Crippen LogP contribution in [0.4, 0.5) is 0 Å². The first-order chi connectivity index (χ1) is 7.58. The van der Waals surface area contributed by atoms with Gasteiger partial charge >= 0.3 is 0 Å². The Morgan fingerprint density at radius 2 is 2.31 bits per heavy atom. The van der Waals surface area contributed by atoms with Crippen LogP contribution in [0.1, 0.15) is 38.8 Å². The molecule has 2 rings (SSSR count). The number of nitrogens with zero attached hydrogens (tertiary/aromatic N) is 2. The van der Waals surface area contributed by atoms with E-state index in [4.69, 9.17) is 4.74 Å². The van der Waals surface area contributed by atoms with E-state index in [9.17, 15) is 5.11 Å². The first kappa shape index (κ1) is 11.5. The van der Waals surface area contributed by atoms with E-state index >= 15 is 0 Å². The summed E-state index contributed by atoms with van der Waals surface area (Å²) in [4.78, 5) is 8.22. The second kappa shape index (κ2) is 4.11. The predicted octanol–water partition coefficient (Wildman–Crippen LogP) is 1.64. The molecule has 2 heterocycles. The van der Waals surface area contributed by atoms with Crippen LogP contribution in [0, 0.1) is 0 Å². The maximum absolute atomic E-state index is 10.6. The highest BCUT2D eigenvalue weighted by molar-refractivity contribution is 5.11. The van der Waals surface area contributed by atoms with E-state index in [0.29, 0.717) is 25.1 Å². The third-order valence-electron chi connectivity index (χ3n) is 3.42. The van der Waals surface area contributed by atoms with Crippen LogP contribution in [0.3, 0.4) is 0 Å². The van der Waals surface area contributed by atoms with Crippen molar-refractivity contribution in [3.63, 3.8) is 0 Å². The summed E-state index contributed by atoms with van der Waals surface area (Å²) in [6, 6.07) is 0. The van der Waals surface area contributed by atoms with E-state index < -0.39 is 5.60 Å². The molecule has 1 aliphatic rings. The molecule has 4 heteroatoms. The standard InChI is InChI=1S/C12H18N2O2/c1-3-11(2)9-12(15,4-7-16-11)10-8-13-5-6-14-10/h5-6,8,15H,3-4,7,9H2,1-2H3. The number of hydrogen-bond donors (Lipinski definition) is 1. The minimum Gasteiger partial charge on any atom is -0.383 e. The van der Waals surface area contributed by atoms with Gasteiger partial charge in [-0.1, -0.05) is 6.92 Å². The number of hydrogen-bond acceptors (Lipinski definition) is 4. The summed E-state index contributed by atoms with van der Waals surface area (Å²) in [5.41, 5.74) is -0.500. The largest absolute Gasteiger partial charge is 0.383 e. The van der Waals surface area contributed by atoms with Crippen molar-refractivity contribution in [3.05, 3.63) is 24.3 Å². The maximum Gasteiger partial charge on any atom is 0.113 e. The molecular weight excluding hydrogens is 204 g/mol. The maximum atomic E-state index is 10.6. The average molecular weight is 222 g/mol. The van der Waals surface area contributed by atoms with Crippen LogP contribution < -0.4 is 0 Å². The lowest BCUT2D eigenvalue weighted by Crippen LogP contribution is -2.45. The average Bonchev–Trinajstić information content (AvgIpc) is 2.30. The van der Waals surface area contributed by atoms with Crippen molar-refractivity contribution in [1.82, 2.24) is 9.97 Å². The molecule has 2 unspecified atom stereocenters. The van der Waals surface area contributed by atoms with Gasteiger partial charge < -0.3 is 9.84 Å². The lowest BCUT2D eigenvalue weighted by Gasteiger charge is -2.42. The Morgan fingerprint density at radius 3 is 2.94 bits per heavy atom. The number of rotatable bonds is 2. The summed E-state index contributed by atoms with van der Waals surface area (Å²) in [5, 5.41) is 10.6. The van der Waals surface area contributed by atoms with Crippen molar-refractivity contribution in [2.45, 2.75) is 44.3 Å². The first-order valence-corrected chi connectivity index (χ1v) is 5.71. The molecule has 0 amide bonds. The van der Waals surface area contributed by atoms with Crippen LogP contribution >= 0.6 is 0 Å². The lowest BCUT2D eigenvalue weighted by molar-refractivity contribution is -0.159. The molecule has 1 aromatic heterocycles. The minimum absolute atomic E-state index is 0.259. The Kier molecular flexibility index (Phi) is 2.95. The molecule has 1 aliphatic heterocycles. The number of aromatic nitrogens is 2. The molecule has 0 spiro atoms. The van der Waals surface area contributed by atoms with E-state index in [0.717, 1.165) is 6.42 Å². The molecule has 0 saturated carbocycles. The molecule has 0 bridgehead atoms. The van der Waals surface area contributed by atoms with Gasteiger partial charge in [0.25, 0.3) is 0 Å². The summed E-state index contributed by atoms with van der Waals surface area (Å²) in [7, 11) is 0. The Bertz CT molecular complexity index is 357.